The highest BCUT2D eigenvalue weighted by atomic mass is 35.5. The predicted octanol–water partition coefficient (Wildman–Crippen LogP) is 2.49. The maximum Gasteiger partial charge on any atom is 0.223 e. The summed E-state index contributed by atoms with van der Waals surface area (Å²) in [7, 11) is 0. The summed E-state index contributed by atoms with van der Waals surface area (Å²) in [6.45, 7) is 2.52. The molecule has 1 aliphatic heterocycles. The van der Waals surface area contributed by atoms with Gasteiger partial charge in [0.25, 0.3) is 0 Å². The van der Waals surface area contributed by atoms with Crippen molar-refractivity contribution in [3.63, 3.8) is 0 Å². The lowest BCUT2D eigenvalue weighted by Gasteiger charge is -2.26. The van der Waals surface area contributed by atoms with Crippen molar-refractivity contribution < 1.29 is 9.53 Å². The van der Waals surface area contributed by atoms with Crippen LogP contribution in [0.5, 0.6) is 0 Å². The van der Waals surface area contributed by atoms with Crippen molar-refractivity contribution in [1.29, 1.82) is 0 Å². The quantitative estimate of drug-likeness (QED) is 0.516. The molecule has 148 valence electrons. The summed E-state index contributed by atoms with van der Waals surface area (Å²) in [5, 5.41) is 14.0. The second-order valence-electron chi connectivity index (χ2n) is 6.97. The molecule has 1 fully saturated rings. The van der Waals surface area contributed by atoms with Crippen LogP contribution >= 0.6 is 11.6 Å². The van der Waals surface area contributed by atoms with E-state index < -0.39 is 0 Å². The number of morpholine rings is 1. The van der Waals surface area contributed by atoms with Gasteiger partial charge in [0, 0.05) is 48.9 Å². The highest BCUT2D eigenvalue weighted by Gasteiger charge is 2.18. The minimum absolute atomic E-state index is 0.125. The summed E-state index contributed by atoms with van der Waals surface area (Å²) >= 11 is 5.98. The fourth-order valence-electron chi connectivity index (χ4n) is 3.58. The van der Waals surface area contributed by atoms with E-state index in [-0.39, 0.29) is 5.91 Å². The van der Waals surface area contributed by atoms with Crippen LogP contribution in [0.4, 0.5) is 0 Å². The summed E-state index contributed by atoms with van der Waals surface area (Å²) in [5.41, 5.74) is 3.39. The Kier molecular flexibility index (Phi) is 4.65. The third-order valence-corrected chi connectivity index (χ3v) is 5.41. The molecule has 4 aromatic rings. The van der Waals surface area contributed by atoms with Gasteiger partial charge in [0.2, 0.25) is 5.91 Å². The number of hydrogen-bond donors (Lipinski definition) is 0. The number of carbonyl (C=O) groups excluding carboxylic acids is 1. The van der Waals surface area contributed by atoms with Gasteiger partial charge in [-0.25, -0.2) is 4.52 Å². The van der Waals surface area contributed by atoms with Crippen LogP contribution in [0.1, 0.15) is 12.2 Å². The second-order valence-corrected chi connectivity index (χ2v) is 7.40. The van der Waals surface area contributed by atoms with E-state index in [2.05, 4.69) is 15.3 Å². The van der Waals surface area contributed by atoms with Gasteiger partial charge >= 0.3 is 0 Å². The Labute approximate surface area is 171 Å². The molecule has 0 radical (unpaired) electrons. The summed E-state index contributed by atoms with van der Waals surface area (Å²) in [6.07, 6.45) is 4.70. The van der Waals surface area contributed by atoms with Crippen LogP contribution in [0.3, 0.4) is 0 Å². The van der Waals surface area contributed by atoms with Gasteiger partial charge < -0.3 is 9.64 Å². The number of ether oxygens (including phenoxy) is 1. The third kappa shape index (κ3) is 3.45. The van der Waals surface area contributed by atoms with Crippen molar-refractivity contribution in [1.82, 2.24) is 29.1 Å². The Balaban J connectivity index is 1.41. The highest BCUT2D eigenvalue weighted by Crippen LogP contribution is 2.23. The SMILES string of the molecule is O=C(CCc1nnc2c3cc(-c4ccc(Cl)cc4)nn3ccn12)N1CCOCC1. The topological polar surface area (TPSA) is 77.0 Å². The summed E-state index contributed by atoms with van der Waals surface area (Å²) in [5.74, 6) is 0.888. The Morgan fingerprint density at radius 2 is 1.90 bits per heavy atom. The zero-order valence-corrected chi connectivity index (χ0v) is 16.4. The van der Waals surface area contributed by atoms with E-state index in [1.54, 1.807) is 4.52 Å². The molecule has 1 saturated heterocycles. The zero-order valence-electron chi connectivity index (χ0n) is 15.7. The fourth-order valence-corrected chi connectivity index (χ4v) is 3.71. The maximum atomic E-state index is 12.4. The predicted molar refractivity (Wildman–Crippen MR) is 108 cm³/mol. The van der Waals surface area contributed by atoms with Crippen LogP contribution in [0.25, 0.3) is 22.4 Å². The number of nitrogens with zero attached hydrogens (tertiary/aromatic N) is 6. The maximum absolute atomic E-state index is 12.4. The average molecular weight is 411 g/mol. The lowest BCUT2D eigenvalue weighted by Crippen LogP contribution is -2.40. The van der Waals surface area contributed by atoms with Crippen LogP contribution in [0.15, 0.2) is 42.7 Å². The van der Waals surface area contributed by atoms with Crippen molar-refractivity contribution in [3.05, 3.63) is 53.6 Å². The average Bonchev–Trinajstić information content (AvgIpc) is 3.37. The van der Waals surface area contributed by atoms with E-state index in [4.69, 9.17) is 16.3 Å². The fraction of sp³-hybridized carbons (Fsp3) is 0.300. The molecule has 0 unspecified atom stereocenters. The minimum Gasteiger partial charge on any atom is -0.378 e. The zero-order chi connectivity index (χ0) is 19.8. The van der Waals surface area contributed by atoms with Gasteiger partial charge in [-0.15, -0.1) is 10.2 Å². The lowest BCUT2D eigenvalue weighted by atomic mass is 10.1. The molecule has 8 nitrogen and oxygen atoms in total. The molecule has 1 aliphatic rings. The van der Waals surface area contributed by atoms with Gasteiger partial charge in [0.1, 0.15) is 11.3 Å². The van der Waals surface area contributed by atoms with Gasteiger partial charge in [-0.1, -0.05) is 23.7 Å². The first-order valence-corrected chi connectivity index (χ1v) is 9.90. The van der Waals surface area contributed by atoms with E-state index in [9.17, 15) is 4.79 Å². The van der Waals surface area contributed by atoms with Crippen molar-refractivity contribution in [2.75, 3.05) is 26.3 Å². The molecule has 5 rings (SSSR count). The molecule has 0 saturated carbocycles. The first kappa shape index (κ1) is 18.1. The van der Waals surface area contributed by atoms with E-state index in [1.807, 2.05) is 52.0 Å². The molecular formula is C20H19ClN6O2. The van der Waals surface area contributed by atoms with Gasteiger partial charge in [-0.2, -0.15) is 5.10 Å². The van der Waals surface area contributed by atoms with Gasteiger partial charge in [-0.3, -0.25) is 9.20 Å². The number of amides is 1. The van der Waals surface area contributed by atoms with Crippen LogP contribution in [0, 0.1) is 0 Å². The number of aryl methyl sites for hydroxylation is 1. The van der Waals surface area contributed by atoms with Crippen LogP contribution < -0.4 is 0 Å². The number of benzene rings is 1. The molecule has 1 aromatic carbocycles. The molecule has 0 spiro atoms. The summed E-state index contributed by atoms with van der Waals surface area (Å²) in [6, 6.07) is 9.55. The molecule has 0 aliphatic carbocycles. The van der Waals surface area contributed by atoms with Crippen LogP contribution in [0.2, 0.25) is 5.02 Å². The molecule has 1 amide bonds. The van der Waals surface area contributed by atoms with E-state index in [0.29, 0.717) is 49.8 Å². The van der Waals surface area contributed by atoms with E-state index in [0.717, 1.165) is 22.6 Å². The van der Waals surface area contributed by atoms with E-state index in [1.165, 1.54) is 0 Å². The smallest absolute Gasteiger partial charge is 0.223 e. The van der Waals surface area contributed by atoms with E-state index >= 15 is 0 Å². The number of rotatable bonds is 4. The molecule has 0 atom stereocenters. The van der Waals surface area contributed by atoms with Crippen molar-refractivity contribution in [2.24, 2.45) is 0 Å². The Morgan fingerprint density at radius 3 is 2.69 bits per heavy atom. The molecular weight excluding hydrogens is 392 g/mol. The van der Waals surface area contributed by atoms with Gasteiger partial charge in [0.05, 0.1) is 18.9 Å². The van der Waals surface area contributed by atoms with Crippen LogP contribution in [-0.2, 0) is 16.0 Å². The standard InChI is InChI=1S/C20H19ClN6O2/c21-15-3-1-14(2-4-15)16-13-17-20-23-22-18(26(20)7-8-27(17)24-16)5-6-19(28)25-9-11-29-12-10-25/h1-4,7-8,13H,5-6,9-12H2. The first-order valence-electron chi connectivity index (χ1n) is 9.52. The number of carbonyl (C=O) groups is 1. The minimum atomic E-state index is 0.125. The van der Waals surface area contributed by atoms with Crippen LogP contribution in [-0.4, -0.2) is 61.3 Å². The third-order valence-electron chi connectivity index (χ3n) is 5.15. The normalized spacial score (nSPS) is 14.7. The van der Waals surface area contributed by atoms with Crippen molar-refractivity contribution in [3.8, 4) is 11.3 Å². The Hall–Kier alpha value is -2.97. The molecule has 0 bridgehead atoms. The largest absolute Gasteiger partial charge is 0.378 e. The monoisotopic (exact) mass is 410 g/mol. The van der Waals surface area contributed by atoms with Crippen molar-refractivity contribution in [2.45, 2.75) is 12.8 Å². The number of aromatic nitrogens is 5. The van der Waals surface area contributed by atoms with Gasteiger partial charge in [0.15, 0.2) is 5.65 Å². The summed E-state index contributed by atoms with van der Waals surface area (Å²) in [4.78, 5) is 14.3. The molecule has 9 heteroatoms. The van der Waals surface area contributed by atoms with Crippen molar-refractivity contribution >= 4 is 28.7 Å². The molecule has 0 N–H and O–H groups in total. The molecule has 4 heterocycles. The molecule has 3 aromatic heterocycles. The Bertz CT molecular complexity index is 1180. The summed E-state index contributed by atoms with van der Waals surface area (Å²) < 4.78 is 9.02. The number of fused-ring (bicyclic) bond motifs is 3. The number of hydrogen-bond acceptors (Lipinski definition) is 5. The second kappa shape index (κ2) is 7.46. The van der Waals surface area contributed by atoms with Gasteiger partial charge in [-0.05, 0) is 18.2 Å². The lowest BCUT2D eigenvalue weighted by molar-refractivity contribution is -0.135. The Morgan fingerprint density at radius 1 is 1.10 bits per heavy atom. The first-order chi connectivity index (χ1) is 14.2. The molecule has 29 heavy (non-hydrogen) atoms. The highest BCUT2D eigenvalue weighted by molar-refractivity contribution is 6.30. The number of halogens is 1.